The Morgan fingerprint density at radius 2 is 2.18 bits per heavy atom. The van der Waals surface area contributed by atoms with Gasteiger partial charge in [0.05, 0.1) is 18.7 Å². The van der Waals surface area contributed by atoms with Crippen molar-refractivity contribution in [3.63, 3.8) is 0 Å². The van der Waals surface area contributed by atoms with Crippen molar-refractivity contribution in [1.29, 1.82) is 5.26 Å². The van der Waals surface area contributed by atoms with Crippen molar-refractivity contribution in [2.24, 2.45) is 0 Å². The summed E-state index contributed by atoms with van der Waals surface area (Å²) >= 11 is 0. The van der Waals surface area contributed by atoms with Crippen LogP contribution in [-0.2, 0) is 0 Å². The zero-order valence-electron chi connectivity index (χ0n) is 8.94. The van der Waals surface area contributed by atoms with Crippen LogP contribution in [0.3, 0.4) is 0 Å². The van der Waals surface area contributed by atoms with E-state index in [2.05, 4.69) is 9.97 Å². The SMILES string of the molecule is COc1cc(C#N)ccc1-c1[nH]c(=O)[nH]c1O. The van der Waals surface area contributed by atoms with Crippen molar-refractivity contribution >= 4 is 0 Å². The van der Waals surface area contributed by atoms with E-state index in [9.17, 15) is 9.90 Å². The third-order valence-electron chi connectivity index (χ3n) is 2.31. The Bertz CT molecular complexity index is 649. The van der Waals surface area contributed by atoms with Gasteiger partial charge in [-0.15, -0.1) is 0 Å². The van der Waals surface area contributed by atoms with E-state index in [4.69, 9.17) is 10.00 Å². The molecule has 0 saturated heterocycles. The van der Waals surface area contributed by atoms with Crippen LogP contribution in [0.4, 0.5) is 0 Å². The van der Waals surface area contributed by atoms with Gasteiger partial charge in [0.1, 0.15) is 11.4 Å². The number of nitrogens with one attached hydrogen (secondary N) is 2. The van der Waals surface area contributed by atoms with Crippen molar-refractivity contribution in [3.05, 3.63) is 34.2 Å². The number of aromatic amines is 2. The van der Waals surface area contributed by atoms with Gasteiger partial charge < -0.3 is 14.8 Å². The Morgan fingerprint density at radius 1 is 1.41 bits per heavy atom. The lowest BCUT2D eigenvalue weighted by Crippen LogP contribution is -2.00. The smallest absolute Gasteiger partial charge is 0.326 e. The maximum Gasteiger partial charge on any atom is 0.326 e. The normalized spacial score (nSPS) is 9.88. The molecule has 6 heteroatoms. The number of imidazole rings is 1. The first-order valence-corrected chi connectivity index (χ1v) is 4.75. The summed E-state index contributed by atoms with van der Waals surface area (Å²) < 4.78 is 5.11. The molecule has 6 nitrogen and oxygen atoms in total. The van der Waals surface area contributed by atoms with E-state index in [0.717, 1.165) is 0 Å². The Kier molecular flexibility index (Phi) is 2.58. The highest BCUT2D eigenvalue weighted by Gasteiger charge is 2.13. The van der Waals surface area contributed by atoms with Gasteiger partial charge in [-0.2, -0.15) is 5.26 Å². The lowest BCUT2D eigenvalue weighted by Gasteiger charge is -2.06. The Labute approximate surface area is 96.1 Å². The summed E-state index contributed by atoms with van der Waals surface area (Å²) in [7, 11) is 1.45. The molecule has 0 aliphatic carbocycles. The number of hydrogen-bond donors (Lipinski definition) is 3. The summed E-state index contributed by atoms with van der Waals surface area (Å²) in [5, 5.41) is 18.3. The highest BCUT2D eigenvalue weighted by Crippen LogP contribution is 2.32. The molecule has 86 valence electrons. The number of hydrogen-bond acceptors (Lipinski definition) is 4. The van der Waals surface area contributed by atoms with Gasteiger partial charge in [0, 0.05) is 5.56 Å². The fourth-order valence-corrected chi connectivity index (χ4v) is 1.54. The molecule has 1 aromatic carbocycles. The zero-order valence-corrected chi connectivity index (χ0v) is 8.94. The molecule has 0 aliphatic rings. The number of aromatic hydroxyl groups is 1. The van der Waals surface area contributed by atoms with Crippen LogP contribution in [0.2, 0.25) is 0 Å². The van der Waals surface area contributed by atoms with E-state index in [0.29, 0.717) is 16.9 Å². The fraction of sp³-hybridized carbons (Fsp3) is 0.0909. The minimum Gasteiger partial charge on any atom is -0.496 e. The molecule has 0 unspecified atom stereocenters. The van der Waals surface area contributed by atoms with E-state index in [1.807, 2.05) is 6.07 Å². The van der Waals surface area contributed by atoms with Crippen LogP contribution in [0.5, 0.6) is 11.6 Å². The molecule has 2 aromatic rings. The van der Waals surface area contributed by atoms with E-state index in [1.165, 1.54) is 13.2 Å². The molecule has 0 fully saturated rings. The Balaban J connectivity index is 2.64. The number of nitriles is 1. The highest BCUT2D eigenvalue weighted by molar-refractivity contribution is 5.71. The van der Waals surface area contributed by atoms with Gasteiger partial charge in [-0.25, -0.2) is 4.79 Å². The van der Waals surface area contributed by atoms with Crippen molar-refractivity contribution in [2.45, 2.75) is 0 Å². The average Bonchev–Trinajstić information content (AvgIpc) is 2.67. The summed E-state index contributed by atoms with van der Waals surface area (Å²) in [5.74, 6) is 0.132. The second-order valence-electron chi connectivity index (χ2n) is 3.33. The quantitative estimate of drug-likeness (QED) is 0.716. The van der Waals surface area contributed by atoms with Crippen molar-refractivity contribution in [3.8, 4) is 29.0 Å². The molecule has 17 heavy (non-hydrogen) atoms. The molecular weight excluding hydrogens is 222 g/mol. The largest absolute Gasteiger partial charge is 0.496 e. The molecule has 0 spiro atoms. The monoisotopic (exact) mass is 231 g/mol. The molecule has 0 aliphatic heterocycles. The molecule has 0 atom stereocenters. The van der Waals surface area contributed by atoms with E-state index in [-0.39, 0.29) is 11.6 Å². The van der Waals surface area contributed by atoms with Gasteiger partial charge in [-0.05, 0) is 18.2 Å². The third-order valence-corrected chi connectivity index (χ3v) is 2.31. The first-order valence-electron chi connectivity index (χ1n) is 4.75. The second kappa shape index (κ2) is 4.06. The molecule has 3 N–H and O–H groups in total. The summed E-state index contributed by atoms with van der Waals surface area (Å²) in [6.45, 7) is 0. The van der Waals surface area contributed by atoms with Crippen LogP contribution >= 0.6 is 0 Å². The van der Waals surface area contributed by atoms with Crippen LogP contribution in [-0.4, -0.2) is 22.2 Å². The van der Waals surface area contributed by atoms with E-state index in [1.54, 1.807) is 12.1 Å². The summed E-state index contributed by atoms with van der Waals surface area (Å²) in [5.41, 5.74) is 0.658. The van der Waals surface area contributed by atoms with Crippen LogP contribution in [0.25, 0.3) is 11.3 Å². The van der Waals surface area contributed by atoms with E-state index >= 15 is 0 Å². The van der Waals surface area contributed by atoms with Crippen LogP contribution in [0.15, 0.2) is 23.0 Å². The lowest BCUT2D eigenvalue weighted by molar-refractivity contribution is 0.415. The summed E-state index contributed by atoms with van der Waals surface area (Å²) in [6.07, 6.45) is 0. The predicted molar refractivity (Wildman–Crippen MR) is 59.8 cm³/mol. The number of rotatable bonds is 2. The van der Waals surface area contributed by atoms with Crippen LogP contribution in [0.1, 0.15) is 5.56 Å². The number of aromatic nitrogens is 2. The lowest BCUT2D eigenvalue weighted by atomic mass is 10.1. The summed E-state index contributed by atoms with van der Waals surface area (Å²) in [4.78, 5) is 15.7. The van der Waals surface area contributed by atoms with Gasteiger partial charge in [0.15, 0.2) is 0 Å². The first kappa shape index (κ1) is 10.8. The van der Waals surface area contributed by atoms with Gasteiger partial charge >= 0.3 is 5.69 Å². The first-order chi connectivity index (χ1) is 8.15. The minimum absolute atomic E-state index is 0.233. The highest BCUT2D eigenvalue weighted by atomic mass is 16.5. The number of nitrogens with zero attached hydrogens (tertiary/aromatic N) is 1. The van der Waals surface area contributed by atoms with Crippen molar-refractivity contribution in [1.82, 2.24) is 9.97 Å². The molecular formula is C11H9N3O3. The van der Waals surface area contributed by atoms with Gasteiger partial charge in [0.2, 0.25) is 5.88 Å². The summed E-state index contributed by atoms with van der Waals surface area (Å²) in [6, 6.07) is 6.67. The molecule has 1 aromatic heterocycles. The Hall–Kier alpha value is -2.68. The number of methoxy groups -OCH3 is 1. The molecule has 2 rings (SSSR count). The number of benzene rings is 1. The topological polar surface area (TPSA) is 102 Å². The van der Waals surface area contributed by atoms with Gasteiger partial charge in [-0.3, -0.25) is 4.98 Å². The maximum atomic E-state index is 11.0. The number of ether oxygens (including phenoxy) is 1. The van der Waals surface area contributed by atoms with Gasteiger partial charge in [-0.1, -0.05) is 0 Å². The predicted octanol–water partition coefficient (Wildman–Crippen LogP) is 0.956. The van der Waals surface area contributed by atoms with Crippen LogP contribution in [0, 0.1) is 11.3 Å². The molecule has 0 radical (unpaired) electrons. The fourth-order valence-electron chi connectivity index (χ4n) is 1.54. The third kappa shape index (κ3) is 1.86. The van der Waals surface area contributed by atoms with Crippen molar-refractivity contribution in [2.75, 3.05) is 7.11 Å². The Morgan fingerprint density at radius 3 is 2.71 bits per heavy atom. The van der Waals surface area contributed by atoms with E-state index < -0.39 is 5.69 Å². The molecule has 1 heterocycles. The molecule has 0 saturated carbocycles. The van der Waals surface area contributed by atoms with Gasteiger partial charge in [0.25, 0.3) is 0 Å². The minimum atomic E-state index is -0.510. The average molecular weight is 231 g/mol. The standard InChI is InChI=1S/C11H9N3O3/c1-17-8-4-6(5-12)2-3-7(8)9-10(15)14-11(16)13-9/h2-4,15H,1H3,(H2,13,14,16). The maximum absolute atomic E-state index is 11.0. The van der Waals surface area contributed by atoms with Crippen LogP contribution < -0.4 is 10.4 Å². The molecule has 0 bridgehead atoms. The van der Waals surface area contributed by atoms with Crippen molar-refractivity contribution < 1.29 is 9.84 Å². The molecule has 0 amide bonds. The second-order valence-corrected chi connectivity index (χ2v) is 3.33. The number of H-pyrrole nitrogens is 2. The zero-order chi connectivity index (χ0) is 12.4.